The largest absolute Gasteiger partial charge is 0.349 e. The molecule has 1 amide bonds. The summed E-state index contributed by atoms with van der Waals surface area (Å²) >= 11 is 0. The van der Waals surface area contributed by atoms with E-state index in [4.69, 9.17) is 0 Å². The molecule has 0 aromatic heterocycles. The summed E-state index contributed by atoms with van der Waals surface area (Å²) in [5, 5.41) is 6.62. The normalized spacial score (nSPS) is 22.0. The lowest BCUT2D eigenvalue weighted by Gasteiger charge is -2.29. The number of hydrogen-bond donors (Lipinski definition) is 2. The Morgan fingerprint density at radius 3 is 2.52 bits per heavy atom. The predicted molar refractivity (Wildman–Crippen MR) is 82.9 cm³/mol. The van der Waals surface area contributed by atoms with E-state index in [9.17, 15) is 9.18 Å². The van der Waals surface area contributed by atoms with Gasteiger partial charge in [0.15, 0.2) is 0 Å². The summed E-state index contributed by atoms with van der Waals surface area (Å²) in [5.41, 5.74) is 1.26. The van der Waals surface area contributed by atoms with Crippen LogP contribution >= 0.6 is 0 Å². The first-order valence-electron chi connectivity index (χ1n) is 7.90. The quantitative estimate of drug-likeness (QED) is 0.875. The Balaban J connectivity index is 1.84. The Morgan fingerprint density at radius 2 is 1.90 bits per heavy atom. The molecule has 1 fully saturated rings. The lowest BCUT2D eigenvalue weighted by molar-refractivity contribution is 0.0923. The summed E-state index contributed by atoms with van der Waals surface area (Å²) in [4.78, 5) is 12.2. The fraction of sp³-hybridized carbons (Fsp3) is 0.588. The van der Waals surface area contributed by atoms with E-state index in [1.54, 1.807) is 13.0 Å². The van der Waals surface area contributed by atoms with E-state index in [1.165, 1.54) is 12.1 Å². The van der Waals surface area contributed by atoms with Gasteiger partial charge in [-0.05, 0) is 69.3 Å². The van der Waals surface area contributed by atoms with Gasteiger partial charge >= 0.3 is 0 Å². The lowest BCUT2D eigenvalue weighted by Crippen LogP contribution is -2.42. The Morgan fingerprint density at radius 1 is 1.24 bits per heavy atom. The summed E-state index contributed by atoms with van der Waals surface area (Å²) < 4.78 is 13.1. The zero-order valence-electron chi connectivity index (χ0n) is 12.9. The van der Waals surface area contributed by atoms with E-state index >= 15 is 0 Å². The number of aryl methyl sites for hydroxylation is 1. The van der Waals surface area contributed by atoms with Crippen molar-refractivity contribution in [1.29, 1.82) is 0 Å². The van der Waals surface area contributed by atoms with Crippen molar-refractivity contribution in [3.8, 4) is 0 Å². The van der Waals surface area contributed by atoms with E-state index in [0.29, 0.717) is 17.2 Å². The highest BCUT2D eigenvalue weighted by Crippen LogP contribution is 2.19. The van der Waals surface area contributed by atoms with Gasteiger partial charge in [0.25, 0.3) is 5.91 Å². The number of benzene rings is 1. The molecule has 21 heavy (non-hydrogen) atoms. The van der Waals surface area contributed by atoms with Crippen LogP contribution in [0.5, 0.6) is 0 Å². The van der Waals surface area contributed by atoms with Gasteiger partial charge in [-0.25, -0.2) is 4.39 Å². The number of amides is 1. The lowest BCUT2D eigenvalue weighted by atomic mass is 9.91. The molecule has 1 aliphatic rings. The summed E-state index contributed by atoms with van der Waals surface area (Å²) in [6.45, 7) is 5.00. The maximum atomic E-state index is 13.1. The second-order valence-electron chi connectivity index (χ2n) is 5.94. The highest BCUT2D eigenvalue weighted by molar-refractivity contribution is 5.95. The zero-order valence-corrected chi connectivity index (χ0v) is 12.9. The molecule has 0 aliphatic heterocycles. The zero-order chi connectivity index (χ0) is 15.2. The van der Waals surface area contributed by atoms with Crippen molar-refractivity contribution in [3.05, 3.63) is 35.1 Å². The van der Waals surface area contributed by atoms with Crippen molar-refractivity contribution in [3.63, 3.8) is 0 Å². The summed E-state index contributed by atoms with van der Waals surface area (Å²) in [6, 6.07) is 5.13. The molecule has 0 spiro atoms. The molecule has 0 atom stereocenters. The van der Waals surface area contributed by atoms with Gasteiger partial charge in [-0.2, -0.15) is 0 Å². The molecule has 2 N–H and O–H groups in total. The molecule has 0 heterocycles. The smallest absolute Gasteiger partial charge is 0.251 e. The molecular weight excluding hydrogens is 267 g/mol. The SMILES string of the molecule is CCCNC1CCC(NC(=O)c2ccc(F)cc2C)CC1. The molecule has 116 valence electrons. The average Bonchev–Trinajstić information content (AvgIpc) is 2.46. The molecule has 2 rings (SSSR count). The van der Waals surface area contributed by atoms with E-state index in [-0.39, 0.29) is 17.8 Å². The molecule has 3 nitrogen and oxygen atoms in total. The van der Waals surface area contributed by atoms with Crippen LogP contribution < -0.4 is 10.6 Å². The molecule has 4 heteroatoms. The molecule has 1 aliphatic carbocycles. The number of carbonyl (C=O) groups excluding carboxylic acids is 1. The number of hydrogen-bond acceptors (Lipinski definition) is 2. The summed E-state index contributed by atoms with van der Waals surface area (Å²) in [6.07, 6.45) is 5.38. The molecule has 1 aromatic carbocycles. The second kappa shape index (κ2) is 7.55. The number of halogens is 1. The Hall–Kier alpha value is -1.42. The first-order valence-corrected chi connectivity index (χ1v) is 7.90. The molecule has 0 radical (unpaired) electrons. The van der Waals surface area contributed by atoms with Crippen molar-refractivity contribution < 1.29 is 9.18 Å². The van der Waals surface area contributed by atoms with Crippen molar-refractivity contribution in [2.75, 3.05) is 6.54 Å². The third kappa shape index (κ3) is 4.53. The van der Waals surface area contributed by atoms with Crippen molar-refractivity contribution in [2.24, 2.45) is 0 Å². The minimum Gasteiger partial charge on any atom is -0.349 e. The summed E-state index contributed by atoms with van der Waals surface area (Å²) in [5.74, 6) is -0.385. The van der Waals surface area contributed by atoms with Gasteiger partial charge in [-0.3, -0.25) is 4.79 Å². The fourth-order valence-corrected chi connectivity index (χ4v) is 2.94. The van der Waals surface area contributed by atoms with E-state index in [1.807, 2.05) is 0 Å². The van der Waals surface area contributed by atoms with Crippen LogP contribution in [0.1, 0.15) is 54.9 Å². The van der Waals surface area contributed by atoms with Crippen molar-refractivity contribution >= 4 is 5.91 Å². The van der Waals surface area contributed by atoms with Gasteiger partial charge in [0.1, 0.15) is 5.82 Å². The van der Waals surface area contributed by atoms with Gasteiger partial charge in [0, 0.05) is 17.6 Å². The van der Waals surface area contributed by atoms with Crippen molar-refractivity contribution in [1.82, 2.24) is 10.6 Å². The van der Waals surface area contributed by atoms with E-state index in [0.717, 1.165) is 38.6 Å². The average molecular weight is 292 g/mol. The van der Waals surface area contributed by atoms with E-state index in [2.05, 4.69) is 17.6 Å². The van der Waals surface area contributed by atoms with Crippen LogP contribution in [0.2, 0.25) is 0 Å². The van der Waals surface area contributed by atoms with Crippen LogP contribution in [-0.2, 0) is 0 Å². The highest BCUT2D eigenvalue weighted by Gasteiger charge is 2.22. The molecule has 1 aromatic rings. The molecule has 0 unspecified atom stereocenters. The van der Waals surface area contributed by atoms with Gasteiger partial charge in [0.2, 0.25) is 0 Å². The van der Waals surface area contributed by atoms with E-state index < -0.39 is 0 Å². The number of carbonyl (C=O) groups is 1. The third-order valence-corrected chi connectivity index (χ3v) is 4.18. The van der Waals surface area contributed by atoms with Crippen LogP contribution in [0.25, 0.3) is 0 Å². The summed E-state index contributed by atoms with van der Waals surface area (Å²) in [7, 11) is 0. The molecule has 1 saturated carbocycles. The number of rotatable bonds is 5. The first kappa shape index (κ1) is 16.0. The van der Waals surface area contributed by atoms with Crippen LogP contribution in [-0.4, -0.2) is 24.5 Å². The van der Waals surface area contributed by atoms with Crippen LogP contribution in [0.15, 0.2) is 18.2 Å². The third-order valence-electron chi connectivity index (χ3n) is 4.18. The minimum atomic E-state index is -0.299. The predicted octanol–water partition coefficient (Wildman–Crippen LogP) is 3.17. The molecule has 0 saturated heterocycles. The monoisotopic (exact) mass is 292 g/mol. The van der Waals surface area contributed by atoms with Gasteiger partial charge in [-0.15, -0.1) is 0 Å². The van der Waals surface area contributed by atoms with Crippen LogP contribution in [0, 0.1) is 12.7 Å². The molecular formula is C17H25FN2O. The second-order valence-corrected chi connectivity index (χ2v) is 5.94. The number of nitrogens with one attached hydrogen (secondary N) is 2. The Bertz CT molecular complexity index is 482. The fourth-order valence-electron chi connectivity index (χ4n) is 2.94. The van der Waals surface area contributed by atoms with Gasteiger partial charge in [0.05, 0.1) is 0 Å². The standard InChI is InChI=1S/C17H25FN2O/c1-3-10-19-14-5-7-15(8-6-14)20-17(21)16-9-4-13(18)11-12(16)2/h4,9,11,14-15,19H,3,5-8,10H2,1-2H3,(H,20,21). The first-order chi connectivity index (χ1) is 10.1. The Labute approximate surface area is 126 Å². The van der Waals surface area contributed by atoms with Gasteiger partial charge < -0.3 is 10.6 Å². The molecule has 0 bridgehead atoms. The van der Waals surface area contributed by atoms with Crippen LogP contribution in [0.3, 0.4) is 0 Å². The highest BCUT2D eigenvalue weighted by atomic mass is 19.1. The topological polar surface area (TPSA) is 41.1 Å². The van der Waals surface area contributed by atoms with Crippen molar-refractivity contribution in [2.45, 2.75) is 58.0 Å². The maximum absolute atomic E-state index is 13.1. The van der Waals surface area contributed by atoms with Gasteiger partial charge in [-0.1, -0.05) is 6.92 Å². The minimum absolute atomic E-state index is 0.0857. The maximum Gasteiger partial charge on any atom is 0.251 e. The van der Waals surface area contributed by atoms with Crippen LogP contribution in [0.4, 0.5) is 4.39 Å². The Kier molecular flexibility index (Phi) is 5.74.